The summed E-state index contributed by atoms with van der Waals surface area (Å²) in [5.41, 5.74) is 2.94. The molecule has 2 heterocycles. The maximum absolute atomic E-state index is 13.4. The van der Waals surface area contributed by atoms with Gasteiger partial charge in [-0.1, -0.05) is 12.1 Å². The first-order valence-corrected chi connectivity index (χ1v) is 7.31. The zero-order valence-electron chi connectivity index (χ0n) is 12.4. The number of aryl methyl sites for hydroxylation is 1. The van der Waals surface area contributed by atoms with Crippen molar-refractivity contribution in [1.29, 1.82) is 0 Å². The first-order valence-electron chi connectivity index (χ1n) is 7.31. The molecule has 1 fully saturated rings. The Morgan fingerprint density at radius 2 is 2.09 bits per heavy atom. The van der Waals surface area contributed by atoms with Crippen LogP contribution in [0, 0.1) is 18.6 Å². The monoisotopic (exact) mass is 304 g/mol. The molecule has 3 nitrogen and oxygen atoms in total. The molecule has 0 N–H and O–H groups in total. The van der Waals surface area contributed by atoms with Crippen molar-refractivity contribution < 1.29 is 13.5 Å². The summed E-state index contributed by atoms with van der Waals surface area (Å²) in [7, 11) is 0. The molecule has 1 saturated heterocycles. The first-order chi connectivity index (χ1) is 10.6. The maximum atomic E-state index is 13.4. The number of hydrogen-bond donors (Lipinski definition) is 0. The molecule has 0 saturated carbocycles. The second kappa shape index (κ2) is 6.50. The molecule has 0 amide bonds. The molecule has 2 aromatic rings. The summed E-state index contributed by atoms with van der Waals surface area (Å²) in [5, 5.41) is 0. The summed E-state index contributed by atoms with van der Waals surface area (Å²) in [4.78, 5) is 6.44. The minimum Gasteiger partial charge on any atom is -0.371 e. The van der Waals surface area contributed by atoms with Gasteiger partial charge in [-0.3, -0.25) is 9.88 Å². The zero-order valence-corrected chi connectivity index (χ0v) is 12.4. The van der Waals surface area contributed by atoms with E-state index in [-0.39, 0.29) is 6.10 Å². The number of ether oxygens (including phenoxy) is 1. The third-order valence-electron chi connectivity index (χ3n) is 3.80. The van der Waals surface area contributed by atoms with E-state index < -0.39 is 11.6 Å². The molecule has 5 heteroatoms. The second-order valence-electron chi connectivity index (χ2n) is 5.64. The first kappa shape index (κ1) is 15.1. The molecule has 0 spiro atoms. The number of halogens is 2. The van der Waals surface area contributed by atoms with Gasteiger partial charge in [0.2, 0.25) is 0 Å². The highest BCUT2D eigenvalue weighted by atomic mass is 19.2. The van der Waals surface area contributed by atoms with E-state index in [0.717, 1.165) is 30.3 Å². The summed E-state index contributed by atoms with van der Waals surface area (Å²) in [5.74, 6) is -1.66. The van der Waals surface area contributed by atoms with Gasteiger partial charge in [0.25, 0.3) is 0 Å². The molecule has 1 aromatic heterocycles. The predicted molar refractivity (Wildman–Crippen MR) is 79.3 cm³/mol. The lowest BCUT2D eigenvalue weighted by Crippen LogP contribution is -2.37. The standard InChI is InChI=1S/C17H18F2N2O/c1-12-6-13(9-20-8-12)10-21-4-5-22-17(11-21)14-2-3-15(18)16(19)7-14/h2-3,6-9,17H,4-5,10-11H2,1H3. The predicted octanol–water partition coefficient (Wildman–Crippen LogP) is 3.24. The molecule has 1 aliphatic heterocycles. The van der Waals surface area contributed by atoms with Crippen LogP contribution in [0.15, 0.2) is 36.7 Å². The lowest BCUT2D eigenvalue weighted by Gasteiger charge is -2.33. The van der Waals surface area contributed by atoms with E-state index in [4.69, 9.17) is 4.74 Å². The lowest BCUT2D eigenvalue weighted by molar-refractivity contribution is -0.0331. The minimum atomic E-state index is -0.832. The molecule has 0 aliphatic carbocycles. The van der Waals surface area contributed by atoms with Crippen LogP contribution < -0.4 is 0 Å². The summed E-state index contributed by atoms with van der Waals surface area (Å²) in [6.45, 7) is 4.83. The Bertz CT molecular complexity index is 663. The van der Waals surface area contributed by atoms with E-state index >= 15 is 0 Å². The maximum Gasteiger partial charge on any atom is 0.159 e. The quantitative estimate of drug-likeness (QED) is 0.870. The van der Waals surface area contributed by atoms with Gasteiger partial charge in [0.1, 0.15) is 0 Å². The van der Waals surface area contributed by atoms with Crippen LogP contribution in [0.4, 0.5) is 8.78 Å². The fourth-order valence-corrected chi connectivity index (χ4v) is 2.72. The number of aromatic nitrogens is 1. The summed E-state index contributed by atoms with van der Waals surface area (Å²) >= 11 is 0. The molecule has 1 aromatic carbocycles. The zero-order chi connectivity index (χ0) is 15.5. The normalized spacial score (nSPS) is 19.3. The number of rotatable bonds is 3. The topological polar surface area (TPSA) is 25.4 Å². The van der Waals surface area contributed by atoms with Gasteiger partial charge in [-0.05, 0) is 35.7 Å². The number of benzene rings is 1. The van der Waals surface area contributed by atoms with Crippen molar-refractivity contribution >= 4 is 0 Å². The average Bonchev–Trinajstić information content (AvgIpc) is 2.50. The minimum absolute atomic E-state index is 0.235. The van der Waals surface area contributed by atoms with Gasteiger partial charge in [-0.15, -0.1) is 0 Å². The van der Waals surface area contributed by atoms with Crippen LogP contribution in [-0.4, -0.2) is 29.6 Å². The van der Waals surface area contributed by atoms with Crippen molar-refractivity contribution in [2.45, 2.75) is 19.6 Å². The molecule has 22 heavy (non-hydrogen) atoms. The molecule has 1 atom stereocenters. The largest absolute Gasteiger partial charge is 0.371 e. The van der Waals surface area contributed by atoms with E-state index in [1.54, 1.807) is 6.07 Å². The molecule has 0 radical (unpaired) electrons. The fourth-order valence-electron chi connectivity index (χ4n) is 2.72. The van der Waals surface area contributed by atoms with Crippen molar-refractivity contribution in [2.75, 3.05) is 19.7 Å². The number of pyridine rings is 1. The highest BCUT2D eigenvalue weighted by molar-refractivity contribution is 5.21. The van der Waals surface area contributed by atoms with Crippen LogP contribution in [0.25, 0.3) is 0 Å². The molecule has 3 rings (SSSR count). The van der Waals surface area contributed by atoms with Crippen molar-refractivity contribution in [1.82, 2.24) is 9.88 Å². The van der Waals surface area contributed by atoms with Crippen LogP contribution in [-0.2, 0) is 11.3 Å². The Hall–Kier alpha value is -1.85. The Morgan fingerprint density at radius 3 is 2.86 bits per heavy atom. The van der Waals surface area contributed by atoms with Gasteiger partial charge < -0.3 is 4.74 Å². The van der Waals surface area contributed by atoms with E-state index in [1.807, 2.05) is 19.3 Å². The van der Waals surface area contributed by atoms with E-state index in [2.05, 4.69) is 16.0 Å². The van der Waals surface area contributed by atoms with E-state index in [9.17, 15) is 8.78 Å². The van der Waals surface area contributed by atoms with Crippen molar-refractivity contribution in [3.05, 3.63) is 65.0 Å². The van der Waals surface area contributed by atoms with Gasteiger partial charge in [0.15, 0.2) is 11.6 Å². The van der Waals surface area contributed by atoms with E-state index in [0.29, 0.717) is 18.7 Å². The van der Waals surface area contributed by atoms with Crippen LogP contribution in [0.2, 0.25) is 0 Å². The highest BCUT2D eigenvalue weighted by Gasteiger charge is 2.23. The third kappa shape index (κ3) is 3.48. The van der Waals surface area contributed by atoms with Gasteiger partial charge in [0, 0.05) is 32.0 Å². The van der Waals surface area contributed by atoms with Gasteiger partial charge in [-0.2, -0.15) is 0 Å². The Labute approximate surface area is 128 Å². The summed E-state index contributed by atoms with van der Waals surface area (Å²) < 4.78 is 32.1. The van der Waals surface area contributed by atoms with Gasteiger partial charge >= 0.3 is 0 Å². The third-order valence-corrected chi connectivity index (χ3v) is 3.80. The molecular formula is C17H18F2N2O. The number of morpholine rings is 1. The lowest BCUT2D eigenvalue weighted by atomic mass is 10.1. The smallest absolute Gasteiger partial charge is 0.159 e. The number of hydrogen-bond acceptors (Lipinski definition) is 3. The molecular weight excluding hydrogens is 286 g/mol. The average molecular weight is 304 g/mol. The van der Waals surface area contributed by atoms with Gasteiger partial charge in [-0.25, -0.2) is 8.78 Å². The fraction of sp³-hybridized carbons (Fsp3) is 0.353. The number of nitrogens with zero attached hydrogens (tertiary/aromatic N) is 2. The molecule has 1 unspecified atom stereocenters. The van der Waals surface area contributed by atoms with Crippen LogP contribution >= 0.6 is 0 Å². The molecule has 0 bridgehead atoms. The Balaban J connectivity index is 1.69. The Kier molecular flexibility index (Phi) is 4.45. The van der Waals surface area contributed by atoms with E-state index in [1.165, 1.54) is 6.07 Å². The molecule has 116 valence electrons. The highest BCUT2D eigenvalue weighted by Crippen LogP contribution is 2.24. The molecule has 1 aliphatic rings. The Morgan fingerprint density at radius 1 is 1.23 bits per heavy atom. The second-order valence-corrected chi connectivity index (χ2v) is 5.64. The van der Waals surface area contributed by atoms with Crippen LogP contribution in [0.3, 0.4) is 0 Å². The van der Waals surface area contributed by atoms with Crippen molar-refractivity contribution in [3.63, 3.8) is 0 Å². The van der Waals surface area contributed by atoms with Crippen molar-refractivity contribution in [3.8, 4) is 0 Å². The SMILES string of the molecule is Cc1cncc(CN2CCOC(c3ccc(F)c(F)c3)C2)c1. The summed E-state index contributed by atoms with van der Waals surface area (Å²) in [6, 6.07) is 6.06. The summed E-state index contributed by atoms with van der Waals surface area (Å²) in [6.07, 6.45) is 3.45. The van der Waals surface area contributed by atoms with Crippen molar-refractivity contribution in [2.24, 2.45) is 0 Å². The van der Waals surface area contributed by atoms with Crippen LogP contribution in [0.1, 0.15) is 22.8 Å². The van der Waals surface area contributed by atoms with Gasteiger partial charge in [0.05, 0.1) is 12.7 Å². The van der Waals surface area contributed by atoms with Crippen LogP contribution in [0.5, 0.6) is 0 Å².